The molecular weight excluding hydrogens is 180 g/mol. The molecule has 0 aliphatic carbocycles. The molecule has 0 unspecified atom stereocenters. The third-order valence-electron chi connectivity index (χ3n) is 2.25. The lowest BCUT2D eigenvalue weighted by molar-refractivity contribution is 0.264. The van der Waals surface area contributed by atoms with Crippen LogP contribution in [0.4, 0.5) is 0 Å². The molecule has 0 aliphatic heterocycles. The average molecular weight is 198 g/mol. The van der Waals surface area contributed by atoms with Crippen LogP contribution >= 0.6 is 0 Å². The van der Waals surface area contributed by atoms with Crippen LogP contribution in [0.1, 0.15) is 31.5 Å². The second-order valence-electron chi connectivity index (χ2n) is 3.33. The van der Waals surface area contributed by atoms with Crippen molar-refractivity contribution in [2.45, 2.75) is 38.8 Å². The van der Waals surface area contributed by atoms with Crippen LogP contribution in [0.2, 0.25) is 0 Å². The molecule has 4 heteroatoms. The van der Waals surface area contributed by atoms with Gasteiger partial charge in [0.05, 0.1) is 0 Å². The standard InChI is InChI=1S/C10H18N2O2/c13-8-4-2-1-3-6-12-7-5-11-10(12)9-14/h5,7,13-14H,1-4,6,8-9H2. The number of hydrogen-bond acceptors (Lipinski definition) is 3. The normalized spacial score (nSPS) is 10.7. The Kier molecular flexibility index (Phi) is 5.25. The number of aryl methyl sites for hydroxylation is 1. The lowest BCUT2D eigenvalue weighted by Gasteiger charge is -2.05. The molecular formula is C10H18N2O2. The molecule has 0 atom stereocenters. The van der Waals surface area contributed by atoms with E-state index in [0.29, 0.717) is 0 Å². The van der Waals surface area contributed by atoms with Crippen molar-refractivity contribution in [3.8, 4) is 0 Å². The highest BCUT2D eigenvalue weighted by Gasteiger charge is 1.99. The van der Waals surface area contributed by atoms with Crippen LogP contribution in [0.3, 0.4) is 0 Å². The maximum absolute atomic E-state index is 8.93. The van der Waals surface area contributed by atoms with Crippen LogP contribution in [-0.4, -0.2) is 26.4 Å². The summed E-state index contributed by atoms with van der Waals surface area (Å²) in [5.74, 6) is 0.729. The first-order chi connectivity index (χ1) is 6.88. The van der Waals surface area contributed by atoms with E-state index in [-0.39, 0.29) is 13.2 Å². The Morgan fingerprint density at radius 2 is 1.93 bits per heavy atom. The Morgan fingerprint density at radius 3 is 2.64 bits per heavy atom. The summed E-state index contributed by atoms with van der Waals surface area (Å²) in [6.07, 6.45) is 7.74. The molecule has 0 aromatic carbocycles. The molecule has 0 aliphatic rings. The first-order valence-electron chi connectivity index (χ1n) is 5.10. The fourth-order valence-corrected chi connectivity index (χ4v) is 1.44. The minimum Gasteiger partial charge on any atom is -0.396 e. The van der Waals surface area contributed by atoms with E-state index in [4.69, 9.17) is 10.2 Å². The smallest absolute Gasteiger partial charge is 0.134 e. The largest absolute Gasteiger partial charge is 0.396 e. The Labute approximate surface area is 84.2 Å². The average Bonchev–Trinajstić information content (AvgIpc) is 2.65. The Morgan fingerprint density at radius 1 is 1.14 bits per heavy atom. The second-order valence-corrected chi connectivity index (χ2v) is 3.33. The van der Waals surface area contributed by atoms with Crippen LogP contribution in [0.25, 0.3) is 0 Å². The number of aliphatic hydroxyl groups excluding tert-OH is 2. The SMILES string of the molecule is OCCCCCCn1ccnc1CO. The van der Waals surface area contributed by atoms with Gasteiger partial charge in [-0.2, -0.15) is 0 Å². The summed E-state index contributed by atoms with van der Waals surface area (Å²) in [6.45, 7) is 1.19. The summed E-state index contributed by atoms with van der Waals surface area (Å²) < 4.78 is 1.97. The van der Waals surface area contributed by atoms with Crippen LogP contribution in [-0.2, 0) is 13.2 Å². The highest BCUT2D eigenvalue weighted by molar-refractivity contribution is 4.89. The van der Waals surface area contributed by atoms with Crippen molar-refractivity contribution < 1.29 is 10.2 Å². The molecule has 14 heavy (non-hydrogen) atoms. The van der Waals surface area contributed by atoms with Gasteiger partial charge < -0.3 is 14.8 Å². The summed E-state index contributed by atoms with van der Waals surface area (Å²) in [5, 5.41) is 17.5. The highest BCUT2D eigenvalue weighted by atomic mass is 16.3. The van der Waals surface area contributed by atoms with Crippen molar-refractivity contribution in [1.29, 1.82) is 0 Å². The monoisotopic (exact) mass is 198 g/mol. The Bertz CT molecular complexity index is 248. The summed E-state index contributed by atoms with van der Waals surface area (Å²) in [7, 11) is 0. The predicted molar refractivity (Wildman–Crippen MR) is 53.7 cm³/mol. The van der Waals surface area contributed by atoms with Gasteiger partial charge >= 0.3 is 0 Å². The minimum absolute atomic E-state index is 0.00361. The zero-order valence-electron chi connectivity index (χ0n) is 8.39. The van der Waals surface area contributed by atoms with E-state index in [1.807, 2.05) is 10.8 Å². The lowest BCUT2D eigenvalue weighted by atomic mass is 10.2. The van der Waals surface area contributed by atoms with Gasteiger partial charge in [-0.25, -0.2) is 4.98 Å². The van der Waals surface area contributed by atoms with Gasteiger partial charge in [0.25, 0.3) is 0 Å². The number of aromatic nitrogens is 2. The number of rotatable bonds is 7. The molecule has 0 spiro atoms. The maximum atomic E-state index is 8.93. The van der Waals surface area contributed by atoms with Crippen molar-refractivity contribution in [3.05, 3.63) is 18.2 Å². The van der Waals surface area contributed by atoms with Crippen molar-refractivity contribution in [3.63, 3.8) is 0 Å². The van der Waals surface area contributed by atoms with E-state index in [2.05, 4.69) is 4.98 Å². The molecule has 0 fully saturated rings. The fraction of sp³-hybridized carbons (Fsp3) is 0.700. The van der Waals surface area contributed by atoms with Crippen LogP contribution in [0.5, 0.6) is 0 Å². The molecule has 1 aromatic heterocycles. The van der Waals surface area contributed by atoms with Gasteiger partial charge in [0.2, 0.25) is 0 Å². The third-order valence-corrected chi connectivity index (χ3v) is 2.25. The topological polar surface area (TPSA) is 58.3 Å². The summed E-state index contributed by atoms with van der Waals surface area (Å²) in [6, 6.07) is 0. The molecule has 0 bridgehead atoms. The van der Waals surface area contributed by atoms with Crippen LogP contribution in [0.15, 0.2) is 12.4 Å². The Balaban J connectivity index is 2.17. The van der Waals surface area contributed by atoms with E-state index in [9.17, 15) is 0 Å². The highest BCUT2D eigenvalue weighted by Crippen LogP contribution is 2.04. The molecule has 2 N–H and O–H groups in total. The van der Waals surface area contributed by atoms with E-state index < -0.39 is 0 Å². The lowest BCUT2D eigenvalue weighted by Crippen LogP contribution is -2.03. The molecule has 0 saturated carbocycles. The van der Waals surface area contributed by atoms with Gasteiger partial charge in [-0.3, -0.25) is 0 Å². The zero-order valence-corrected chi connectivity index (χ0v) is 8.39. The third kappa shape index (κ3) is 3.47. The van der Waals surface area contributed by atoms with Crippen molar-refractivity contribution in [2.24, 2.45) is 0 Å². The second kappa shape index (κ2) is 6.56. The van der Waals surface area contributed by atoms with E-state index >= 15 is 0 Å². The first kappa shape index (κ1) is 11.2. The summed E-state index contributed by atoms with van der Waals surface area (Å²) in [5.41, 5.74) is 0. The number of aliphatic hydroxyl groups is 2. The fourth-order valence-electron chi connectivity index (χ4n) is 1.44. The van der Waals surface area contributed by atoms with Gasteiger partial charge in [-0.1, -0.05) is 12.8 Å². The first-order valence-corrected chi connectivity index (χ1v) is 5.10. The summed E-state index contributed by atoms with van der Waals surface area (Å²) in [4.78, 5) is 4.02. The molecule has 4 nitrogen and oxygen atoms in total. The van der Waals surface area contributed by atoms with E-state index in [0.717, 1.165) is 38.1 Å². The Hall–Kier alpha value is -0.870. The zero-order chi connectivity index (χ0) is 10.2. The van der Waals surface area contributed by atoms with E-state index in [1.54, 1.807) is 6.20 Å². The summed E-state index contributed by atoms with van der Waals surface area (Å²) >= 11 is 0. The molecule has 1 rings (SSSR count). The number of imidazole rings is 1. The van der Waals surface area contributed by atoms with Gasteiger partial charge in [-0.05, 0) is 12.8 Å². The molecule has 0 saturated heterocycles. The van der Waals surface area contributed by atoms with Crippen molar-refractivity contribution in [2.75, 3.05) is 6.61 Å². The van der Waals surface area contributed by atoms with Crippen LogP contribution in [0, 0.1) is 0 Å². The predicted octanol–water partition coefficient (Wildman–Crippen LogP) is 0.928. The van der Waals surface area contributed by atoms with Gasteiger partial charge in [0.15, 0.2) is 0 Å². The number of nitrogens with zero attached hydrogens (tertiary/aromatic N) is 2. The molecule has 1 aromatic rings. The maximum Gasteiger partial charge on any atom is 0.134 e. The molecule has 1 heterocycles. The van der Waals surface area contributed by atoms with Gasteiger partial charge in [-0.15, -0.1) is 0 Å². The molecule has 0 radical (unpaired) electrons. The van der Waals surface area contributed by atoms with Crippen molar-refractivity contribution >= 4 is 0 Å². The molecule has 0 amide bonds. The minimum atomic E-state index is 0.00361. The van der Waals surface area contributed by atoms with Gasteiger partial charge in [0, 0.05) is 25.5 Å². The van der Waals surface area contributed by atoms with Crippen molar-refractivity contribution in [1.82, 2.24) is 9.55 Å². The van der Waals surface area contributed by atoms with Crippen LogP contribution < -0.4 is 0 Å². The van der Waals surface area contributed by atoms with E-state index in [1.165, 1.54) is 0 Å². The number of hydrogen-bond donors (Lipinski definition) is 2. The number of unbranched alkanes of at least 4 members (excludes halogenated alkanes) is 3. The molecule has 80 valence electrons. The quantitative estimate of drug-likeness (QED) is 0.641. The van der Waals surface area contributed by atoms with Gasteiger partial charge in [0.1, 0.15) is 12.4 Å².